The summed E-state index contributed by atoms with van der Waals surface area (Å²) in [7, 11) is 0. The first kappa shape index (κ1) is 12.8. The van der Waals surface area contributed by atoms with Crippen LogP contribution in [-0.4, -0.2) is 33.2 Å². The molecule has 1 aromatic rings. The third-order valence-corrected chi connectivity index (χ3v) is 3.32. The fourth-order valence-electron chi connectivity index (χ4n) is 0.917. The first-order valence-corrected chi connectivity index (χ1v) is 6.50. The Balaban J connectivity index is 2.46. The number of nitrogens with one attached hydrogen (secondary N) is 1. The Morgan fingerprint density at radius 3 is 2.80 bits per heavy atom. The number of halogens is 2. The van der Waals surface area contributed by atoms with Crippen molar-refractivity contribution < 1.29 is 0 Å². The lowest BCUT2D eigenvalue weighted by Crippen LogP contribution is -2.10. The van der Waals surface area contributed by atoms with Crippen LogP contribution in [-0.2, 0) is 0 Å². The predicted octanol–water partition coefficient (Wildman–Crippen LogP) is 2.73. The van der Waals surface area contributed by atoms with E-state index in [1.165, 1.54) is 0 Å². The molecule has 1 unspecified atom stereocenters. The van der Waals surface area contributed by atoms with Crippen LogP contribution in [0.3, 0.4) is 0 Å². The van der Waals surface area contributed by atoms with Gasteiger partial charge in [-0.3, -0.25) is 0 Å². The van der Waals surface area contributed by atoms with Gasteiger partial charge in [0.05, 0.1) is 0 Å². The maximum absolute atomic E-state index is 5.78. The average molecular weight is 267 g/mol. The summed E-state index contributed by atoms with van der Waals surface area (Å²) in [5, 5.41) is 11.2. The Bertz CT molecular complexity index is 324. The summed E-state index contributed by atoms with van der Waals surface area (Å²) < 4.78 is 0. The minimum absolute atomic E-state index is 0.0971. The van der Waals surface area contributed by atoms with Gasteiger partial charge < -0.3 is 5.32 Å². The van der Waals surface area contributed by atoms with E-state index >= 15 is 0 Å². The van der Waals surface area contributed by atoms with Gasteiger partial charge in [0, 0.05) is 11.8 Å². The van der Waals surface area contributed by atoms with Gasteiger partial charge in [-0.15, -0.1) is 10.2 Å². The zero-order valence-electron chi connectivity index (χ0n) is 8.50. The number of hydrogen-bond donors (Lipinski definition) is 1. The Kier molecular flexibility index (Phi) is 5.42. The summed E-state index contributed by atoms with van der Waals surface area (Å²) >= 11 is 13.2. The van der Waals surface area contributed by atoms with Crippen molar-refractivity contribution in [2.75, 3.05) is 18.1 Å². The molecule has 0 aliphatic carbocycles. The molecule has 1 rings (SSSR count). The number of anilines is 1. The van der Waals surface area contributed by atoms with Gasteiger partial charge >= 0.3 is 0 Å². The van der Waals surface area contributed by atoms with E-state index in [1.807, 2.05) is 11.8 Å². The first-order valence-electron chi connectivity index (χ1n) is 4.46. The summed E-state index contributed by atoms with van der Waals surface area (Å²) in [5.41, 5.74) is 0. The van der Waals surface area contributed by atoms with Crippen molar-refractivity contribution in [3.63, 3.8) is 0 Å². The van der Waals surface area contributed by atoms with Gasteiger partial charge in [-0.2, -0.15) is 16.7 Å². The summed E-state index contributed by atoms with van der Waals surface area (Å²) in [4.78, 5) is 3.94. The van der Waals surface area contributed by atoms with Gasteiger partial charge in [0.25, 0.3) is 0 Å². The van der Waals surface area contributed by atoms with E-state index in [0.29, 0.717) is 11.1 Å². The highest BCUT2D eigenvalue weighted by molar-refractivity contribution is 7.99. The molecule has 7 heteroatoms. The highest BCUT2D eigenvalue weighted by Crippen LogP contribution is 2.17. The lowest BCUT2D eigenvalue weighted by molar-refractivity contribution is 0.844. The number of thioether (sulfide) groups is 1. The van der Waals surface area contributed by atoms with E-state index in [-0.39, 0.29) is 10.4 Å². The molecular formula is C8H12Cl2N4S. The van der Waals surface area contributed by atoms with E-state index in [1.54, 1.807) is 0 Å². The Morgan fingerprint density at radius 2 is 2.13 bits per heavy atom. The topological polar surface area (TPSA) is 50.7 Å². The monoisotopic (exact) mass is 266 g/mol. The van der Waals surface area contributed by atoms with Gasteiger partial charge in [-0.05, 0) is 24.3 Å². The van der Waals surface area contributed by atoms with Crippen LogP contribution in [0.15, 0.2) is 0 Å². The second kappa shape index (κ2) is 6.35. The van der Waals surface area contributed by atoms with Gasteiger partial charge in [-0.1, -0.05) is 18.5 Å². The van der Waals surface area contributed by atoms with Crippen molar-refractivity contribution in [2.45, 2.75) is 18.6 Å². The Morgan fingerprint density at radius 1 is 1.40 bits per heavy atom. The minimum atomic E-state index is 0.0971. The van der Waals surface area contributed by atoms with Crippen molar-refractivity contribution in [1.82, 2.24) is 15.2 Å². The highest BCUT2D eigenvalue weighted by Gasteiger charge is 2.06. The fourth-order valence-corrected chi connectivity index (χ4v) is 1.54. The zero-order valence-corrected chi connectivity index (χ0v) is 10.8. The normalized spacial score (nSPS) is 12.5. The van der Waals surface area contributed by atoms with E-state index in [4.69, 9.17) is 23.2 Å². The molecule has 1 N–H and O–H groups in total. The molecule has 0 saturated heterocycles. The Hall–Kier alpha value is -0.260. The predicted molar refractivity (Wildman–Crippen MR) is 65.9 cm³/mol. The molecule has 0 fully saturated rings. The Labute approximate surface area is 103 Å². The summed E-state index contributed by atoms with van der Waals surface area (Å²) in [6.45, 7) is 2.95. The van der Waals surface area contributed by atoms with Gasteiger partial charge in [-0.25, -0.2) is 0 Å². The maximum Gasteiger partial charge on any atom is 0.245 e. The summed E-state index contributed by atoms with van der Waals surface area (Å²) in [6.07, 6.45) is 3.11. The quantitative estimate of drug-likeness (QED) is 0.888. The molecular weight excluding hydrogens is 255 g/mol. The molecule has 0 amide bonds. The lowest BCUT2D eigenvalue weighted by atomic mass is 10.3. The molecule has 1 aromatic heterocycles. The van der Waals surface area contributed by atoms with Crippen LogP contribution in [0.2, 0.25) is 10.4 Å². The third kappa shape index (κ3) is 4.40. The van der Waals surface area contributed by atoms with Crippen LogP contribution >= 0.6 is 35.0 Å². The number of aromatic nitrogens is 3. The molecule has 0 aromatic carbocycles. The second-order valence-electron chi connectivity index (χ2n) is 2.98. The van der Waals surface area contributed by atoms with Crippen LogP contribution in [0.4, 0.5) is 5.82 Å². The lowest BCUT2D eigenvalue weighted by Gasteiger charge is -2.09. The maximum atomic E-state index is 5.78. The van der Waals surface area contributed by atoms with Crippen molar-refractivity contribution in [3.8, 4) is 0 Å². The van der Waals surface area contributed by atoms with Gasteiger partial charge in [0.2, 0.25) is 5.28 Å². The standard InChI is InChI=1S/C8H12Cl2N4S/c1-5(15-2)3-4-11-7-6(9)13-14-8(10)12-7/h5H,3-4H2,1-2H3,(H,11,12,14). The average Bonchev–Trinajstić information content (AvgIpc) is 2.23. The van der Waals surface area contributed by atoms with Crippen LogP contribution in [0.25, 0.3) is 0 Å². The molecule has 15 heavy (non-hydrogen) atoms. The number of hydrogen-bond acceptors (Lipinski definition) is 5. The molecule has 0 spiro atoms. The van der Waals surface area contributed by atoms with Crippen LogP contribution in [0.1, 0.15) is 13.3 Å². The largest absolute Gasteiger partial charge is 0.367 e. The van der Waals surface area contributed by atoms with Crippen LogP contribution < -0.4 is 5.32 Å². The zero-order chi connectivity index (χ0) is 11.3. The molecule has 0 saturated carbocycles. The minimum Gasteiger partial charge on any atom is -0.367 e. The molecule has 1 atom stereocenters. The van der Waals surface area contributed by atoms with Crippen molar-refractivity contribution in [3.05, 3.63) is 10.4 Å². The molecule has 0 bridgehead atoms. The molecule has 0 aliphatic rings. The molecule has 0 aliphatic heterocycles. The molecule has 1 heterocycles. The van der Waals surface area contributed by atoms with Gasteiger partial charge in [0.15, 0.2) is 11.0 Å². The first-order chi connectivity index (χ1) is 7.13. The summed E-state index contributed by atoms with van der Waals surface area (Å²) in [6, 6.07) is 0. The van der Waals surface area contributed by atoms with Crippen LogP contribution in [0, 0.1) is 0 Å². The van der Waals surface area contributed by atoms with Gasteiger partial charge in [0.1, 0.15) is 0 Å². The number of rotatable bonds is 5. The fraction of sp³-hybridized carbons (Fsp3) is 0.625. The van der Waals surface area contributed by atoms with E-state index < -0.39 is 0 Å². The highest BCUT2D eigenvalue weighted by atomic mass is 35.5. The number of nitrogens with zero attached hydrogens (tertiary/aromatic N) is 3. The SMILES string of the molecule is CSC(C)CCNc1nc(Cl)nnc1Cl. The van der Waals surface area contributed by atoms with Crippen molar-refractivity contribution in [1.29, 1.82) is 0 Å². The van der Waals surface area contributed by atoms with Crippen LogP contribution in [0.5, 0.6) is 0 Å². The smallest absolute Gasteiger partial charge is 0.245 e. The van der Waals surface area contributed by atoms with E-state index in [0.717, 1.165) is 13.0 Å². The molecule has 0 radical (unpaired) electrons. The van der Waals surface area contributed by atoms with E-state index in [2.05, 4.69) is 33.7 Å². The van der Waals surface area contributed by atoms with Crippen molar-refractivity contribution >= 4 is 40.8 Å². The second-order valence-corrected chi connectivity index (χ2v) is 4.95. The molecule has 4 nitrogen and oxygen atoms in total. The molecule has 84 valence electrons. The summed E-state index contributed by atoms with van der Waals surface area (Å²) in [5.74, 6) is 0.491. The van der Waals surface area contributed by atoms with Crippen molar-refractivity contribution in [2.24, 2.45) is 0 Å². The third-order valence-electron chi connectivity index (χ3n) is 1.87. The van der Waals surface area contributed by atoms with E-state index in [9.17, 15) is 0 Å².